The van der Waals surface area contributed by atoms with Crippen molar-refractivity contribution in [2.75, 3.05) is 5.75 Å². The molecule has 4 atom stereocenters. The topological polar surface area (TPSA) is 125 Å². The van der Waals surface area contributed by atoms with Gasteiger partial charge in [0.2, 0.25) is 0 Å². The third-order valence-electron chi connectivity index (χ3n) is 4.74. The zero-order valence-corrected chi connectivity index (χ0v) is 18.6. The van der Waals surface area contributed by atoms with Gasteiger partial charge in [-0.3, -0.25) is 14.4 Å². The van der Waals surface area contributed by atoms with Crippen LogP contribution in [0.1, 0.15) is 26.3 Å². The molecule has 1 aromatic heterocycles. The third kappa shape index (κ3) is 5.28. The van der Waals surface area contributed by atoms with Crippen molar-refractivity contribution in [1.29, 1.82) is 0 Å². The summed E-state index contributed by atoms with van der Waals surface area (Å²) < 4.78 is 45.2. The first-order chi connectivity index (χ1) is 15.5. The Bertz CT molecular complexity index is 1070. The highest BCUT2D eigenvalue weighted by molar-refractivity contribution is 8.00. The van der Waals surface area contributed by atoms with E-state index in [1.807, 2.05) is 0 Å². The Kier molecular flexibility index (Phi) is 7.28. The van der Waals surface area contributed by atoms with Crippen molar-refractivity contribution in [2.24, 2.45) is 0 Å². The van der Waals surface area contributed by atoms with Gasteiger partial charge in [0.1, 0.15) is 6.33 Å². The number of hydrogen-bond donors (Lipinski definition) is 1. The SMILES string of the molecule is CC(=O)O[C@@H]1[C@@H](OC(C)=O)[C@@](O)(c2cc(-c3cncnc3)cc(F)c2F)SC[C@H]1OC(C)=O. The Balaban J connectivity index is 2.16. The van der Waals surface area contributed by atoms with E-state index in [9.17, 15) is 23.9 Å². The Labute approximate surface area is 191 Å². The molecular formula is C21H20F2N2O7S. The van der Waals surface area contributed by atoms with Crippen LogP contribution in [0.2, 0.25) is 0 Å². The van der Waals surface area contributed by atoms with Gasteiger partial charge in [0.15, 0.2) is 34.9 Å². The first-order valence-corrected chi connectivity index (χ1v) is 10.6. The van der Waals surface area contributed by atoms with Crippen LogP contribution in [0.4, 0.5) is 8.78 Å². The molecule has 0 unspecified atom stereocenters. The number of thioether (sulfide) groups is 1. The van der Waals surface area contributed by atoms with Crippen LogP contribution in [-0.2, 0) is 33.5 Å². The number of nitrogens with zero attached hydrogens (tertiary/aromatic N) is 2. The molecule has 0 saturated carbocycles. The fourth-order valence-electron chi connectivity index (χ4n) is 3.47. The van der Waals surface area contributed by atoms with E-state index >= 15 is 4.39 Å². The molecule has 0 aliphatic carbocycles. The lowest BCUT2D eigenvalue weighted by molar-refractivity contribution is -0.198. The van der Waals surface area contributed by atoms with Crippen LogP contribution in [0.3, 0.4) is 0 Å². The summed E-state index contributed by atoms with van der Waals surface area (Å²) in [4.78, 5) is 40.4. The van der Waals surface area contributed by atoms with Crippen molar-refractivity contribution in [2.45, 2.75) is 44.0 Å². The molecule has 0 bridgehead atoms. The second kappa shape index (κ2) is 9.79. The third-order valence-corrected chi connectivity index (χ3v) is 6.13. The Morgan fingerprint density at radius 2 is 1.61 bits per heavy atom. The van der Waals surface area contributed by atoms with E-state index in [0.717, 1.165) is 32.9 Å². The normalized spacial score (nSPS) is 24.6. The summed E-state index contributed by atoms with van der Waals surface area (Å²) in [6.45, 7) is 3.21. The van der Waals surface area contributed by atoms with Gasteiger partial charge in [-0.1, -0.05) is 0 Å². The summed E-state index contributed by atoms with van der Waals surface area (Å²) in [6, 6.07) is 2.07. The van der Waals surface area contributed by atoms with E-state index in [1.165, 1.54) is 18.7 Å². The Morgan fingerprint density at radius 3 is 2.18 bits per heavy atom. The zero-order valence-electron chi connectivity index (χ0n) is 17.8. The summed E-state index contributed by atoms with van der Waals surface area (Å²) >= 11 is 0.648. The van der Waals surface area contributed by atoms with E-state index in [0.29, 0.717) is 17.3 Å². The van der Waals surface area contributed by atoms with Crippen LogP contribution in [0, 0.1) is 11.6 Å². The van der Waals surface area contributed by atoms with Gasteiger partial charge in [0, 0.05) is 50.0 Å². The number of esters is 3. The summed E-state index contributed by atoms with van der Waals surface area (Å²) in [6.07, 6.45) is -0.373. The van der Waals surface area contributed by atoms with E-state index in [-0.39, 0.29) is 11.3 Å². The molecule has 176 valence electrons. The molecule has 0 amide bonds. The molecule has 1 aliphatic rings. The molecular weight excluding hydrogens is 462 g/mol. The molecule has 1 fully saturated rings. The maximum Gasteiger partial charge on any atom is 0.303 e. The van der Waals surface area contributed by atoms with Crippen molar-refractivity contribution in [1.82, 2.24) is 9.97 Å². The molecule has 12 heteroatoms. The van der Waals surface area contributed by atoms with Crippen LogP contribution >= 0.6 is 11.8 Å². The molecule has 0 radical (unpaired) electrons. The largest absolute Gasteiger partial charge is 0.458 e. The molecule has 1 saturated heterocycles. The molecule has 2 aromatic rings. The maximum absolute atomic E-state index is 15.0. The van der Waals surface area contributed by atoms with Crippen molar-refractivity contribution in [3.05, 3.63) is 48.1 Å². The van der Waals surface area contributed by atoms with Crippen LogP contribution in [0.25, 0.3) is 11.1 Å². The molecule has 9 nitrogen and oxygen atoms in total. The fourth-order valence-corrected chi connectivity index (χ4v) is 4.80. The summed E-state index contributed by atoms with van der Waals surface area (Å²) in [5, 5.41) is 11.6. The standard InChI is InChI=1S/C21H20F2N2O7S/c1-10(26)30-17-8-33-21(29,20(32-12(3)28)19(17)31-11(2)27)15-4-13(5-16(22)18(15)23)14-6-24-9-25-7-14/h4-7,9,17,19-20,29H,8H2,1-3H3/t17-,19+,20-,21-/m1/s1. The van der Waals surface area contributed by atoms with Gasteiger partial charge < -0.3 is 19.3 Å². The lowest BCUT2D eigenvalue weighted by Crippen LogP contribution is -2.59. The summed E-state index contributed by atoms with van der Waals surface area (Å²) in [5.41, 5.74) is -0.0808. The molecule has 1 aliphatic heterocycles. The number of aromatic nitrogens is 2. The number of ether oxygens (including phenoxy) is 3. The van der Waals surface area contributed by atoms with Gasteiger partial charge >= 0.3 is 17.9 Å². The molecule has 3 rings (SSSR count). The molecule has 0 spiro atoms. The van der Waals surface area contributed by atoms with Gasteiger partial charge in [-0.25, -0.2) is 18.7 Å². The first kappa shape index (κ1) is 24.5. The number of halogens is 2. The van der Waals surface area contributed by atoms with Crippen LogP contribution in [0.5, 0.6) is 0 Å². The average molecular weight is 482 g/mol. The molecule has 33 heavy (non-hydrogen) atoms. The second-order valence-corrected chi connectivity index (χ2v) is 8.45. The van der Waals surface area contributed by atoms with E-state index in [2.05, 4.69) is 9.97 Å². The number of aliphatic hydroxyl groups is 1. The van der Waals surface area contributed by atoms with Crippen LogP contribution < -0.4 is 0 Å². The second-order valence-electron chi connectivity index (χ2n) is 7.21. The van der Waals surface area contributed by atoms with Gasteiger partial charge in [-0.05, 0) is 17.7 Å². The fraction of sp³-hybridized carbons (Fsp3) is 0.381. The number of carbonyl (C=O) groups is 3. The number of carbonyl (C=O) groups excluding carboxylic acids is 3. The highest BCUT2D eigenvalue weighted by Gasteiger charge is 2.57. The first-order valence-electron chi connectivity index (χ1n) is 9.65. The lowest BCUT2D eigenvalue weighted by atomic mass is 9.93. The van der Waals surface area contributed by atoms with Crippen molar-refractivity contribution in [3.63, 3.8) is 0 Å². The molecule has 1 N–H and O–H groups in total. The predicted octanol–water partition coefficient (Wildman–Crippen LogP) is 2.11. The zero-order chi connectivity index (χ0) is 24.3. The average Bonchev–Trinajstić information content (AvgIpc) is 2.74. The van der Waals surface area contributed by atoms with Gasteiger partial charge in [0.25, 0.3) is 0 Å². The Hall–Kier alpha value is -3.12. The van der Waals surface area contributed by atoms with E-state index < -0.39 is 58.4 Å². The minimum Gasteiger partial charge on any atom is -0.458 e. The smallest absolute Gasteiger partial charge is 0.303 e. The highest BCUT2D eigenvalue weighted by atomic mass is 32.2. The quantitative estimate of drug-likeness (QED) is 0.500. The minimum absolute atomic E-state index is 0.145. The lowest BCUT2D eigenvalue weighted by Gasteiger charge is -2.45. The van der Waals surface area contributed by atoms with Gasteiger partial charge in [-0.2, -0.15) is 0 Å². The van der Waals surface area contributed by atoms with Gasteiger partial charge in [0.05, 0.1) is 0 Å². The maximum atomic E-state index is 15.0. The minimum atomic E-state index is -2.40. The van der Waals surface area contributed by atoms with E-state index in [4.69, 9.17) is 14.2 Å². The van der Waals surface area contributed by atoms with Crippen LogP contribution in [-0.4, -0.2) is 57.0 Å². The van der Waals surface area contributed by atoms with Crippen molar-refractivity contribution < 1.29 is 42.5 Å². The molecule has 1 aromatic carbocycles. The summed E-state index contributed by atoms with van der Waals surface area (Å²) in [5.74, 6) is -5.29. The van der Waals surface area contributed by atoms with Crippen molar-refractivity contribution >= 4 is 29.7 Å². The summed E-state index contributed by atoms with van der Waals surface area (Å²) in [7, 11) is 0. The van der Waals surface area contributed by atoms with E-state index in [1.54, 1.807) is 0 Å². The monoisotopic (exact) mass is 482 g/mol. The number of hydrogen-bond acceptors (Lipinski definition) is 10. The van der Waals surface area contributed by atoms with Crippen LogP contribution in [0.15, 0.2) is 30.9 Å². The molecule has 2 heterocycles. The number of rotatable bonds is 5. The van der Waals surface area contributed by atoms with Crippen molar-refractivity contribution in [3.8, 4) is 11.1 Å². The Morgan fingerprint density at radius 1 is 1.00 bits per heavy atom. The van der Waals surface area contributed by atoms with Gasteiger partial charge in [-0.15, -0.1) is 11.8 Å². The predicted molar refractivity (Wildman–Crippen MR) is 110 cm³/mol. The highest BCUT2D eigenvalue weighted by Crippen LogP contribution is 2.48. The number of benzene rings is 1.